The highest BCUT2D eigenvalue weighted by molar-refractivity contribution is 5.94. The highest BCUT2D eigenvalue weighted by Crippen LogP contribution is 2.28. The number of piperazine rings is 1. The molecule has 1 aliphatic rings. The summed E-state index contributed by atoms with van der Waals surface area (Å²) >= 11 is 0. The van der Waals surface area contributed by atoms with Crippen LogP contribution in [0, 0.1) is 0 Å². The number of benzene rings is 3. The lowest BCUT2D eigenvalue weighted by molar-refractivity contribution is 0.0951. The number of ether oxygens (including phenoxy) is 1. The Morgan fingerprint density at radius 2 is 1.52 bits per heavy atom. The number of carbonyl (C=O) groups is 1. The lowest BCUT2D eigenvalue weighted by atomic mass is 10.1. The van der Waals surface area contributed by atoms with Gasteiger partial charge >= 0.3 is 0 Å². The van der Waals surface area contributed by atoms with Gasteiger partial charge in [-0.15, -0.1) is 0 Å². The third-order valence-corrected chi connectivity index (χ3v) is 5.72. The molecule has 1 amide bonds. The molecule has 1 heterocycles. The van der Waals surface area contributed by atoms with Crippen molar-refractivity contribution in [3.63, 3.8) is 0 Å². The first kappa shape index (κ1) is 20.9. The van der Waals surface area contributed by atoms with Crippen molar-refractivity contribution in [1.29, 1.82) is 0 Å². The summed E-state index contributed by atoms with van der Waals surface area (Å²) in [4.78, 5) is 17.2. The maximum Gasteiger partial charge on any atom is 0.251 e. The van der Waals surface area contributed by atoms with Crippen molar-refractivity contribution >= 4 is 11.6 Å². The van der Waals surface area contributed by atoms with Crippen LogP contribution in [0.1, 0.15) is 21.5 Å². The first-order valence-electron chi connectivity index (χ1n) is 10.7. The maximum atomic E-state index is 12.4. The summed E-state index contributed by atoms with van der Waals surface area (Å²) in [7, 11) is 1.72. The van der Waals surface area contributed by atoms with Crippen molar-refractivity contribution in [3.8, 4) is 5.75 Å². The molecule has 0 spiro atoms. The topological polar surface area (TPSA) is 44.8 Å². The molecule has 3 aromatic carbocycles. The molecule has 3 aromatic rings. The van der Waals surface area contributed by atoms with Gasteiger partial charge in [0.25, 0.3) is 5.91 Å². The molecule has 1 saturated heterocycles. The summed E-state index contributed by atoms with van der Waals surface area (Å²) in [6.07, 6.45) is 0. The molecule has 0 saturated carbocycles. The van der Waals surface area contributed by atoms with E-state index in [1.54, 1.807) is 7.11 Å². The highest BCUT2D eigenvalue weighted by atomic mass is 16.5. The standard InChI is InChI=1S/C26H29N3O2/c1-31-25-10-6-5-9-24(25)29-17-15-28(16-18-29)20-22-11-13-23(14-12-22)26(30)27-19-21-7-3-2-4-8-21/h2-14H,15-20H2,1H3,(H,27,30). The van der Waals surface area contributed by atoms with Gasteiger partial charge in [0.2, 0.25) is 0 Å². The Kier molecular flexibility index (Phi) is 6.85. The lowest BCUT2D eigenvalue weighted by Gasteiger charge is -2.36. The number of anilines is 1. The molecule has 0 radical (unpaired) electrons. The number of hydrogen-bond acceptors (Lipinski definition) is 4. The average Bonchev–Trinajstić information content (AvgIpc) is 2.84. The summed E-state index contributed by atoms with van der Waals surface area (Å²) in [6.45, 7) is 5.37. The number of para-hydroxylation sites is 2. The van der Waals surface area contributed by atoms with E-state index >= 15 is 0 Å². The smallest absolute Gasteiger partial charge is 0.251 e. The van der Waals surface area contributed by atoms with Crippen molar-refractivity contribution in [3.05, 3.63) is 95.6 Å². The van der Waals surface area contributed by atoms with Gasteiger partial charge in [-0.25, -0.2) is 0 Å². The number of nitrogens with one attached hydrogen (secondary N) is 1. The van der Waals surface area contributed by atoms with E-state index in [0.29, 0.717) is 12.1 Å². The van der Waals surface area contributed by atoms with Gasteiger partial charge in [0, 0.05) is 44.8 Å². The highest BCUT2D eigenvalue weighted by Gasteiger charge is 2.19. The molecular formula is C26H29N3O2. The van der Waals surface area contributed by atoms with Crippen LogP contribution in [0.15, 0.2) is 78.9 Å². The Bertz CT molecular complexity index is 981. The zero-order valence-corrected chi connectivity index (χ0v) is 18.0. The van der Waals surface area contributed by atoms with E-state index < -0.39 is 0 Å². The molecule has 0 aromatic heterocycles. The molecule has 0 aliphatic carbocycles. The Balaban J connectivity index is 1.27. The molecule has 160 valence electrons. The van der Waals surface area contributed by atoms with Crippen LogP contribution in [0.4, 0.5) is 5.69 Å². The van der Waals surface area contributed by atoms with Crippen molar-refractivity contribution < 1.29 is 9.53 Å². The Morgan fingerprint density at radius 3 is 2.23 bits per heavy atom. The van der Waals surface area contributed by atoms with Crippen LogP contribution in [-0.4, -0.2) is 44.1 Å². The second kappa shape index (κ2) is 10.1. The minimum absolute atomic E-state index is 0.0409. The molecule has 0 atom stereocenters. The number of methoxy groups -OCH3 is 1. The fourth-order valence-electron chi connectivity index (χ4n) is 3.94. The van der Waals surface area contributed by atoms with Crippen molar-refractivity contribution in [1.82, 2.24) is 10.2 Å². The number of hydrogen-bond donors (Lipinski definition) is 1. The van der Waals surface area contributed by atoms with Crippen LogP contribution in [0.2, 0.25) is 0 Å². The van der Waals surface area contributed by atoms with Crippen LogP contribution < -0.4 is 15.0 Å². The summed E-state index contributed by atoms with van der Waals surface area (Å²) < 4.78 is 5.51. The molecule has 1 N–H and O–H groups in total. The van der Waals surface area contributed by atoms with E-state index in [4.69, 9.17) is 4.74 Å². The molecule has 31 heavy (non-hydrogen) atoms. The Hall–Kier alpha value is -3.31. The minimum atomic E-state index is -0.0409. The average molecular weight is 416 g/mol. The molecule has 0 bridgehead atoms. The van der Waals surface area contributed by atoms with Crippen LogP contribution in [0.5, 0.6) is 5.75 Å². The van der Waals surface area contributed by atoms with E-state index in [1.807, 2.05) is 54.6 Å². The van der Waals surface area contributed by atoms with E-state index in [0.717, 1.165) is 49.7 Å². The summed E-state index contributed by atoms with van der Waals surface area (Å²) in [5, 5.41) is 2.98. The van der Waals surface area contributed by atoms with Gasteiger partial charge in [-0.1, -0.05) is 54.6 Å². The lowest BCUT2D eigenvalue weighted by Crippen LogP contribution is -2.46. The number of carbonyl (C=O) groups excluding carboxylic acids is 1. The second-order valence-corrected chi connectivity index (χ2v) is 7.80. The van der Waals surface area contributed by atoms with Gasteiger partial charge in [-0.05, 0) is 35.4 Å². The summed E-state index contributed by atoms with van der Waals surface area (Å²) in [5.74, 6) is 0.887. The molecule has 4 rings (SSSR count). The first-order chi connectivity index (χ1) is 15.2. The van der Waals surface area contributed by atoms with Gasteiger partial charge in [0.05, 0.1) is 12.8 Å². The van der Waals surface area contributed by atoms with Crippen LogP contribution in [0.25, 0.3) is 0 Å². The van der Waals surface area contributed by atoms with E-state index in [1.165, 1.54) is 5.56 Å². The number of nitrogens with zero attached hydrogens (tertiary/aromatic N) is 2. The predicted molar refractivity (Wildman–Crippen MR) is 125 cm³/mol. The van der Waals surface area contributed by atoms with Crippen LogP contribution >= 0.6 is 0 Å². The van der Waals surface area contributed by atoms with Gasteiger partial charge in [0.15, 0.2) is 0 Å². The first-order valence-corrected chi connectivity index (χ1v) is 10.7. The zero-order valence-electron chi connectivity index (χ0n) is 18.0. The Morgan fingerprint density at radius 1 is 0.839 bits per heavy atom. The molecule has 5 heteroatoms. The molecule has 5 nitrogen and oxygen atoms in total. The van der Waals surface area contributed by atoms with E-state index in [9.17, 15) is 4.79 Å². The molecule has 1 fully saturated rings. The zero-order chi connectivity index (χ0) is 21.5. The third-order valence-electron chi connectivity index (χ3n) is 5.72. The van der Waals surface area contributed by atoms with Crippen molar-refractivity contribution in [2.24, 2.45) is 0 Å². The molecule has 1 aliphatic heterocycles. The fourth-order valence-corrected chi connectivity index (χ4v) is 3.94. The van der Waals surface area contributed by atoms with Gasteiger partial charge in [-0.2, -0.15) is 0 Å². The van der Waals surface area contributed by atoms with Crippen molar-refractivity contribution in [2.45, 2.75) is 13.1 Å². The van der Waals surface area contributed by atoms with Gasteiger partial charge in [0.1, 0.15) is 5.75 Å². The Labute approximate surface area is 184 Å². The summed E-state index contributed by atoms with van der Waals surface area (Å²) in [5.41, 5.74) is 4.18. The maximum absolute atomic E-state index is 12.4. The predicted octanol–water partition coefficient (Wildman–Crippen LogP) is 3.95. The van der Waals surface area contributed by atoms with Crippen LogP contribution in [0.3, 0.4) is 0 Å². The fraction of sp³-hybridized carbons (Fsp3) is 0.269. The number of rotatable bonds is 7. The second-order valence-electron chi connectivity index (χ2n) is 7.80. The van der Waals surface area contributed by atoms with Crippen molar-refractivity contribution in [2.75, 3.05) is 38.2 Å². The number of amides is 1. The largest absolute Gasteiger partial charge is 0.495 e. The monoisotopic (exact) mass is 415 g/mol. The van der Waals surface area contributed by atoms with Gasteiger partial charge in [-0.3, -0.25) is 9.69 Å². The SMILES string of the molecule is COc1ccccc1N1CCN(Cc2ccc(C(=O)NCc3ccccc3)cc2)CC1. The minimum Gasteiger partial charge on any atom is -0.495 e. The van der Waals surface area contributed by atoms with Gasteiger partial charge < -0.3 is 15.0 Å². The third kappa shape index (κ3) is 5.44. The van der Waals surface area contributed by atoms with Crippen LogP contribution in [-0.2, 0) is 13.1 Å². The molecule has 0 unspecified atom stereocenters. The molecular weight excluding hydrogens is 386 g/mol. The normalized spacial score (nSPS) is 14.3. The summed E-state index contributed by atoms with van der Waals surface area (Å²) in [6, 6.07) is 26.1. The van der Waals surface area contributed by atoms with E-state index in [2.05, 4.69) is 39.4 Å². The van der Waals surface area contributed by atoms with E-state index in [-0.39, 0.29) is 5.91 Å². The quantitative estimate of drug-likeness (QED) is 0.635.